The molecule has 3 rings (SSSR count). The molecule has 0 saturated carbocycles. The van der Waals surface area contributed by atoms with Crippen molar-refractivity contribution in [1.29, 1.82) is 0 Å². The molecule has 1 fully saturated rings. The number of rotatable bonds is 3. The lowest BCUT2D eigenvalue weighted by molar-refractivity contribution is -0.0957. The van der Waals surface area contributed by atoms with Crippen molar-refractivity contribution in [2.75, 3.05) is 19.7 Å². The maximum Gasteiger partial charge on any atom is 0.107 e. The average molecular weight is 286 g/mol. The van der Waals surface area contributed by atoms with Crippen LogP contribution in [-0.4, -0.2) is 46.8 Å². The Hall–Kier alpha value is -1.49. The van der Waals surface area contributed by atoms with Crippen molar-refractivity contribution in [3.05, 3.63) is 42.2 Å². The molecular formula is C17H22N2O2. The van der Waals surface area contributed by atoms with Gasteiger partial charge in [0.2, 0.25) is 0 Å². The molecular weight excluding hydrogens is 264 g/mol. The predicted octanol–water partition coefficient (Wildman–Crippen LogP) is 2.38. The van der Waals surface area contributed by atoms with Crippen LogP contribution in [0.25, 0.3) is 10.8 Å². The van der Waals surface area contributed by atoms with E-state index in [-0.39, 0.29) is 6.10 Å². The van der Waals surface area contributed by atoms with Crippen LogP contribution in [0.15, 0.2) is 36.7 Å². The molecule has 0 radical (unpaired) electrons. The number of pyridine rings is 1. The molecule has 1 aromatic heterocycles. The Morgan fingerprint density at radius 1 is 1.33 bits per heavy atom. The van der Waals surface area contributed by atoms with Gasteiger partial charge in [0, 0.05) is 36.9 Å². The zero-order valence-corrected chi connectivity index (χ0v) is 12.6. The van der Waals surface area contributed by atoms with Crippen LogP contribution in [0.1, 0.15) is 25.5 Å². The van der Waals surface area contributed by atoms with E-state index in [2.05, 4.69) is 23.7 Å². The van der Waals surface area contributed by atoms with Crippen LogP contribution in [0.2, 0.25) is 0 Å². The summed E-state index contributed by atoms with van der Waals surface area (Å²) >= 11 is 0. The van der Waals surface area contributed by atoms with Gasteiger partial charge < -0.3 is 9.84 Å². The largest absolute Gasteiger partial charge is 0.386 e. The van der Waals surface area contributed by atoms with Gasteiger partial charge in [-0.2, -0.15) is 0 Å². The molecule has 0 aliphatic carbocycles. The Balaban J connectivity index is 1.88. The summed E-state index contributed by atoms with van der Waals surface area (Å²) < 4.78 is 5.82. The highest BCUT2D eigenvalue weighted by Gasteiger charge is 2.29. The summed E-state index contributed by atoms with van der Waals surface area (Å²) in [5.74, 6) is 0. The molecule has 2 aromatic rings. The summed E-state index contributed by atoms with van der Waals surface area (Å²) in [5.41, 5.74) is 0.922. The lowest BCUT2D eigenvalue weighted by Gasteiger charge is -2.37. The lowest BCUT2D eigenvalue weighted by atomic mass is 9.97. The van der Waals surface area contributed by atoms with Gasteiger partial charge in [-0.3, -0.25) is 9.88 Å². The Bertz CT molecular complexity index is 609. The second-order valence-corrected chi connectivity index (χ2v) is 5.89. The van der Waals surface area contributed by atoms with E-state index in [1.807, 2.05) is 30.5 Å². The van der Waals surface area contributed by atoms with Gasteiger partial charge in [0.15, 0.2) is 0 Å². The molecule has 2 unspecified atom stereocenters. The van der Waals surface area contributed by atoms with E-state index >= 15 is 0 Å². The topological polar surface area (TPSA) is 45.6 Å². The first-order chi connectivity index (χ1) is 10.2. The van der Waals surface area contributed by atoms with Gasteiger partial charge in [0.05, 0.1) is 6.61 Å². The first-order valence-corrected chi connectivity index (χ1v) is 7.53. The summed E-state index contributed by atoms with van der Waals surface area (Å²) in [6, 6.07) is 8.38. The van der Waals surface area contributed by atoms with E-state index in [9.17, 15) is 5.11 Å². The zero-order chi connectivity index (χ0) is 14.8. The van der Waals surface area contributed by atoms with Crippen LogP contribution in [0.4, 0.5) is 0 Å². The van der Waals surface area contributed by atoms with Crippen molar-refractivity contribution in [1.82, 2.24) is 9.88 Å². The van der Waals surface area contributed by atoms with Gasteiger partial charge >= 0.3 is 0 Å². The summed E-state index contributed by atoms with van der Waals surface area (Å²) in [6.45, 7) is 6.73. The Morgan fingerprint density at radius 2 is 2.19 bits per heavy atom. The summed E-state index contributed by atoms with van der Waals surface area (Å²) in [4.78, 5) is 6.49. The molecule has 2 atom stereocenters. The summed E-state index contributed by atoms with van der Waals surface area (Å²) in [6.07, 6.45) is 2.80. The van der Waals surface area contributed by atoms with Gasteiger partial charge in [0.1, 0.15) is 12.2 Å². The van der Waals surface area contributed by atoms with Crippen LogP contribution >= 0.6 is 0 Å². The fraction of sp³-hybridized carbons (Fsp3) is 0.471. The first-order valence-electron chi connectivity index (χ1n) is 7.53. The molecule has 4 heteroatoms. The van der Waals surface area contributed by atoms with E-state index in [0.29, 0.717) is 12.6 Å². The van der Waals surface area contributed by atoms with E-state index in [4.69, 9.17) is 4.74 Å². The van der Waals surface area contributed by atoms with Crippen LogP contribution in [0, 0.1) is 0 Å². The highest BCUT2D eigenvalue weighted by Crippen LogP contribution is 2.28. The minimum Gasteiger partial charge on any atom is -0.386 e. The fourth-order valence-corrected chi connectivity index (χ4v) is 2.96. The summed E-state index contributed by atoms with van der Waals surface area (Å²) in [5, 5.41) is 12.9. The number of aliphatic hydroxyl groups excluding tert-OH is 1. The maximum atomic E-state index is 10.8. The van der Waals surface area contributed by atoms with Gasteiger partial charge in [-0.25, -0.2) is 0 Å². The van der Waals surface area contributed by atoms with Crippen molar-refractivity contribution in [3.63, 3.8) is 0 Å². The number of aliphatic hydroxyl groups is 1. The second kappa shape index (κ2) is 6.10. The molecule has 1 aliphatic heterocycles. The van der Waals surface area contributed by atoms with Crippen molar-refractivity contribution < 1.29 is 9.84 Å². The molecule has 1 saturated heterocycles. The van der Waals surface area contributed by atoms with Gasteiger partial charge in [-0.1, -0.05) is 18.2 Å². The average Bonchev–Trinajstić information content (AvgIpc) is 2.53. The SMILES string of the molecule is CC(C)N1CCOC(C(O)c2cccc3cnccc23)C1. The minimum atomic E-state index is -0.613. The van der Waals surface area contributed by atoms with Crippen molar-refractivity contribution in [2.45, 2.75) is 32.1 Å². The number of hydrogen-bond acceptors (Lipinski definition) is 4. The van der Waals surface area contributed by atoms with Crippen molar-refractivity contribution in [2.24, 2.45) is 0 Å². The monoisotopic (exact) mass is 286 g/mol. The second-order valence-electron chi connectivity index (χ2n) is 5.89. The predicted molar refractivity (Wildman–Crippen MR) is 83.2 cm³/mol. The van der Waals surface area contributed by atoms with Crippen molar-refractivity contribution >= 4 is 10.8 Å². The minimum absolute atomic E-state index is 0.181. The molecule has 1 aromatic carbocycles. The van der Waals surface area contributed by atoms with Crippen LogP contribution < -0.4 is 0 Å². The molecule has 0 bridgehead atoms. The molecule has 2 heterocycles. The van der Waals surface area contributed by atoms with E-state index in [1.54, 1.807) is 6.20 Å². The number of nitrogens with zero attached hydrogens (tertiary/aromatic N) is 2. The Labute approximate surface area is 125 Å². The number of morpholine rings is 1. The molecule has 4 nitrogen and oxygen atoms in total. The maximum absolute atomic E-state index is 10.8. The molecule has 0 spiro atoms. The number of fused-ring (bicyclic) bond motifs is 1. The third-order valence-corrected chi connectivity index (χ3v) is 4.24. The van der Waals surface area contributed by atoms with Gasteiger partial charge in [-0.15, -0.1) is 0 Å². The third kappa shape index (κ3) is 2.93. The van der Waals surface area contributed by atoms with Crippen LogP contribution in [0.5, 0.6) is 0 Å². The molecule has 21 heavy (non-hydrogen) atoms. The highest BCUT2D eigenvalue weighted by molar-refractivity contribution is 5.85. The quantitative estimate of drug-likeness (QED) is 0.941. The molecule has 1 aliphatic rings. The first kappa shape index (κ1) is 14.4. The van der Waals surface area contributed by atoms with Gasteiger partial charge in [0.25, 0.3) is 0 Å². The fourth-order valence-electron chi connectivity index (χ4n) is 2.96. The van der Waals surface area contributed by atoms with Crippen molar-refractivity contribution in [3.8, 4) is 0 Å². The zero-order valence-electron chi connectivity index (χ0n) is 12.6. The standard InChI is InChI=1S/C17H22N2O2/c1-12(2)19-8-9-21-16(11-19)17(20)15-5-3-4-13-10-18-7-6-14(13)15/h3-7,10,12,16-17,20H,8-9,11H2,1-2H3. The number of aromatic nitrogens is 1. The Morgan fingerprint density at radius 3 is 3.00 bits per heavy atom. The van der Waals surface area contributed by atoms with E-state index in [0.717, 1.165) is 29.4 Å². The summed E-state index contributed by atoms with van der Waals surface area (Å²) in [7, 11) is 0. The van der Waals surface area contributed by atoms with Crippen LogP contribution in [0.3, 0.4) is 0 Å². The number of ether oxygens (including phenoxy) is 1. The molecule has 0 amide bonds. The van der Waals surface area contributed by atoms with Gasteiger partial charge in [-0.05, 0) is 30.9 Å². The normalized spacial score (nSPS) is 21.8. The van der Waals surface area contributed by atoms with Crippen LogP contribution in [-0.2, 0) is 4.74 Å². The third-order valence-electron chi connectivity index (χ3n) is 4.24. The van der Waals surface area contributed by atoms with E-state index < -0.39 is 6.10 Å². The smallest absolute Gasteiger partial charge is 0.107 e. The lowest BCUT2D eigenvalue weighted by Crippen LogP contribution is -2.47. The van der Waals surface area contributed by atoms with E-state index in [1.165, 1.54) is 0 Å². The molecule has 112 valence electrons. The highest BCUT2D eigenvalue weighted by atomic mass is 16.5. The Kier molecular flexibility index (Phi) is 4.19. The number of benzene rings is 1. The molecule has 1 N–H and O–H groups in total. The number of hydrogen-bond donors (Lipinski definition) is 1.